The van der Waals surface area contributed by atoms with Crippen LogP contribution in [0, 0.1) is 5.92 Å². The number of benzene rings is 1. The molecule has 1 aliphatic rings. The van der Waals surface area contributed by atoms with Crippen molar-refractivity contribution in [2.45, 2.75) is 32.7 Å². The fourth-order valence-corrected chi connectivity index (χ4v) is 2.30. The molecule has 0 saturated carbocycles. The summed E-state index contributed by atoms with van der Waals surface area (Å²) in [7, 11) is 0. The topological polar surface area (TPSA) is 41.1 Å². The van der Waals surface area contributed by atoms with Crippen LogP contribution < -0.4 is 10.6 Å². The van der Waals surface area contributed by atoms with Gasteiger partial charge >= 0.3 is 0 Å². The summed E-state index contributed by atoms with van der Waals surface area (Å²) in [5.74, 6) is 0.329. The number of hydrogen-bond donors (Lipinski definition) is 2. The predicted octanol–water partition coefficient (Wildman–Crippen LogP) is 1.86. The Morgan fingerprint density at radius 3 is 2.67 bits per heavy atom. The summed E-state index contributed by atoms with van der Waals surface area (Å²) in [6, 6.07) is 8.45. The quantitative estimate of drug-likeness (QED) is 0.851. The van der Waals surface area contributed by atoms with E-state index in [1.807, 2.05) is 0 Å². The van der Waals surface area contributed by atoms with E-state index in [0.29, 0.717) is 6.54 Å². The average molecular weight is 246 g/mol. The molecule has 1 fully saturated rings. The molecule has 18 heavy (non-hydrogen) atoms. The van der Waals surface area contributed by atoms with Gasteiger partial charge in [0, 0.05) is 13.1 Å². The van der Waals surface area contributed by atoms with Gasteiger partial charge in [0.05, 0.1) is 5.92 Å². The van der Waals surface area contributed by atoms with Gasteiger partial charge in [-0.3, -0.25) is 4.79 Å². The number of piperidine rings is 1. The lowest BCUT2D eigenvalue weighted by molar-refractivity contribution is -0.125. The molecule has 0 radical (unpaired) electrons. The molecule has 2 N–H and O–H groups in total. The van der Waals surface area contributed by atoms with E-state index in [9.17, 15) is 4.79 Å². The molecule has 3 nitrogen and oxygen atoms in total. The second-order valence-corrected chi connectivity index (χ2v) is 4.93. The maximum atomic E-state index is 11.9. The van der Waals surface area contributed by atoms with Crippen molar-refractivity contribution in [1.82, 2.24) is 10.6 Å². The van der Waals surface area contributed by atoms with E-state index in [1.54, 1.807) is 0 Å². The van der Waals surface area contributed by atoms with Crippen molar-refractivity contribution in [2.75, 3.05) is 13.1 Å². The Labute approximate surface area is 109 Å². The Morgan fingerprint density at radius 1 is 1.33 bits per heavy atom. The SMILES string of the molecule is CCc1ccc(CNC(=O)[C@@H]2CCCNC2)cc1. The van der Waals surface area contributed by atoms with E-state index in [1.165, 1.54) is 11.1 Å². The second-order valence-electron chi connectivity index (χ2n) is 4.93. The first-order valence-corrected chi connectivity index (χ1v) is 6.86. The molecule has 0 bridgehead atoms. The van der Waals surface area contributed by atoms with Crippen LogP contribution in [0.5, 0.6) is 0 Å². The summed E-state index contributed by atoms with van der Waals surface area (Å²) in [6.07, 6.45) is 3.16. The van der Waals surface area contributed by atoms with Gasteiger partial charge < -0.3 is 10.6 Å². The van der Waals surface area contributed by atoms with Crippen LogP contribution in [0.15, 0.2) is 24.3 Å². The molecule has 1 aromatic carbocycles. The summed E-state index contributed by atoms with van der Waals surface area (Å²) in [5, 5.41) is 6.30. The minimum atomic E-state index is 0.147. The van der Waals surface area contributed by atoms with Crippen molar-refractivity contribution in [3.63, 3.8) is 0 Å². The number of hydrogen-bond acceptors (Lipinski definition) is 2. The third kappa shape index (κ3) is 3.57. The van der Waals surface area contributed by atoms with E-state index >= 15 is 0 Å². The highest BCUT2D eigenvalue weighted by Crippen LogP contribution is 2.10. The summed E-state index contributed by atoms with van der Waals surface area (Å²) in [6.45, 7) is 4.65. The van der Waals surface area contributed by atoms with Crippen LogP contribution in [-0.2, 0) is 17.8 Å². The lowest BCUT2D eigenvalue weighted by Crippen LogP contribution is -2.40. The standard InChI is InChI=1S/C15H22N2O/c1-2-12-5-7-13(8-6-12)10-17-15(18)14-4-3-9-16-11-14/h5-8,14,16H,2-4,9-11H2,1H3,(H,17,18)/t14-/m1/s1. The third-order valence-electron chi connectivity index (χ3n) is 3.57. The smallest absolute Gasteiger partial charge is 0.224 e. The van der Waals surface area contributed by atoms with E-state index in [2.05, 4.69) is 41.8 Å². The fourth-order valence-electron chi connectivity index (χ4n) is 2.30. The lowest BCUT2D eigenvalue weighted by atomic mass is 9.99. The summed E-state index contributed by atoms with van der Waals surface area (Å²) in [5.41, 5.74) is 2.51. The number of aryl methyl sites for hydroxylation is 1. The van der Waals surface area contributed by atoms with Gasteiger partial charge in [-0.25, -0.2) is 0 Å². The zero-order chi connectivity index (χ0) is 12.8. The van der Waals surface area contributed by atoms with Crippen molar-refractivity contribution >= 4 is 5.91 Å². The average Bonchev–Trinajstić information content (AvgIpc) is 2.46. The van der Waals surface area contributed by atoms with Gasteiger partial charge in [0.2, 0.25) is 5.91 Å². The van der Waals surface area contributed by atoms with Crippen LogP contribution >= 0.6 is 0 Å². The van der Waals surface area contributed by atoms with Gasteiger partial charge in [-0.2, -0.15) is 0 Å². The summed E-state index contributed by atoms with van der Waals surface area (Å²) in [4.78, 5) is 11.9. The first kappa shape index (κ1) is 13.1. The molecule has 1 aromatic rings. The van der Waals surface area contributed by atoms with Gasteiger partial charge in [0.1, 0.15) is 0 Å². The molecule has 0 aromatic heterocycles. The monoisotopic (exact) mass is 246 g/mol. The Kier molecular flexibility index (Phi) is 4.76. The van der Waals surface area contributed by atoms with Gasteiger partial charge in [0.15, 0.2) is 0 Å². The first-order valence-electron chi connectivity index (χ1n) is 6.86. The molecule has 0 spiro atoms. The minimum Gasteiger partial charge on any atom is -0.352 e. The summed E-state index contributed by atoms with van der Waals surface area (Å²) >= 11 is 0. The zero-order valence-corrected chi connectivity index (χ0v) is 11.0. The molecule has 3 heteroatoms. The van der Waals surface area contributed by atoms with Gasteiger partial charge in [-0.1, -0.05) is 31.2 Å². The predicted molar refractivity (Wildman–Crippen MR) is 73.3 cm³/mol. The van der Waals surface area contributed by atoms with Crippen molar-refractivity contribution in [1.29, 1.82) is 0 Å². The van der Waals surface area contributed by atoms with Crippen molar-refractivity contribution in [3.05, 3.63) is 35.4 Å². The normalized spacial score (nSPS) is 19.5. The molecule has 98 valence electrons. The summed E-state index contributed by atoms with van der Waals surface area (Å²) < 4.78 is 0. The Hall–Kier alpha value is -1.35. The Bertz CT molecular complexity index is 380. The molecular formula is C15H22N2O. The third-order valence-corrected chi connectivity index (χ3v) is 3.57. The van der Waals surface area contributed by atoms with Gasteiger partial charge in [0.25, 0.3) is 0 Å². The van der Waals surface area contributed by atoms with Crippen LogP contribution in [0.1, 0.15) is 30.9 Å². The van der Waals surface area contributed by atoms with Crippen LogP contribution in [0.2, 0.25) is 0 Å². The van der Waals surface area contributed by atoms with Crippen molar-refractivity contribution < 1.29 is 4.79 Å². The minimum absolute atomic E-state index is 0.147. The van der Waals surface area contributed by atoms with Crippen molar-refractivity contribution in [2.24, 2.45) is 5.92 Å². The molecule has 2 rings (SSSR count). The fraction of sp³-hybridized carbons (Fsp3) is 0.533. The molecular weight excluding hydrogens is 224 g/mol. The van der Waals surface area contributed by atoms with Crippen LogP contribution in [0.25, 0.3) is 0 Å². The van der Waals surface area contributed by atoms with E-state index in [4.69, 9.17) is 0 Å². The lowest BCUT2D eigenvalue weighted by Gasteiger charge is -2.21. The molecule has 1 atom stereocenters. The van der Waals surface area contributed by atoms with Crippen LogP contribution in [-0.4, -0.2) is 19.0 Å². The maximum absolute atomic E-state index is 11.9. The molecule has 1 heterocycles. The number of amides is 1. The van der Waals surface area contributed by atoms with E-state index < -0.39 is 0 Å². The molecule has 0 unspecified atom stereocenters. The Morgan fingerprint density at radius 2 is 2.06 bits per heavy atom. The number of rotatable bonds is 4. The largest absolute Gasteiger partial charge is 0.352 e. The highest BCUT2D eigenvalue weighted by Gasteiger charge is 2.20. The molecule has 1 aliphatic heterocycles. The Balaban J connectivity index is 1.80. The van der Waals surface area contributed by atoms with E-state index in [0.717, 1.165) is 32.4 Å². The second kappa shape index (κ2) is 6.55. The number of nitrogens with one attached hydrogen (secondary N) is 2. The molecule has 1 saturated heterocycles. The molecule has 0 aliphatic carbocycles. The van der Waals surface area contributed by atoms with Crippen LogP contribution in [0.3, 0.4) is 0 Å². The zero-order valence-electron chi connectivity index (χ0n) is 11.0. The van der Waals surface area contributed by atoms with E-state index in [-0.39, 0.29) is 11.8 Å². The maximum Gasteiger partial charge on any atom is 0.224 e. The first-order chi connectivity index (χ1) is 8.79. The van der Waals surface area contributed by atoms with Crippen LogP contribution in [0.4, 0.5) is 0 Å². The highest BCUT2D eigenvalue weighted by atomic mass is 16.1. The van der Waals surface area contributed by atoms with Crippen molar-refractivity contribution in [3.8, 4) is 0 Å². The number of carbonyl (C=O) groups excluding carboxylic acids is 1. The van der Waals surface area contributed by atoms with Gasteiger partial charge in [-0.05, 0) is 36.9 Å². The highest BCUT2D eigenvalue weighted by molar-refractivity contribution is 5.78. The number of carbonyl (C=O) groups is 1. The van der Waals surface area contributed by atoms with Gasteiger partial charge in [-0.15, -0.1) is 0 Å². The molecule has 1 amide bonds.